The standard InChI is InChI=1S/C18H19NO2.C16H15NO2.C12H13ClNO.C12H13NO2.C11H11NO2.C9H7ClO.C7H9NO.C2H5I.CH3I.2CH4.Cl3OP.HI.2Na.2H/c1-3-19(16-10-12-17(21-2)13-11-16)18(20)14-9-15-7-5-4-6-8-15;1-19-15-10-8-14(9-11-15)17-16(18)12-7-13-5-3-2-4-6-13;1-3-14-11-6-5-10(15-2)8-9(11)4-7-12(14)13;1-3-13-11-6-5-10(15-2)8-9(11)4-7-12(13)14;1-2-12-10-5-4-9(13)7-8(10)3-6-11(12)14;10-9(11)7-6-8-4-2-1-3-5-8;1-9-7-4-2-6(8)3-5-7;1-2-3;1-2;;;1-5(2,3)4;;;;;/h4-14H,3H2,1-2H3;2-12H,1H3,(H,17,18);2*4-8H,3H2,1-2H3;3-7,13H,2H2,1H3;1-7H;2-5H,8H2,1H3;2H2,1H3;1H3;2*1H4;;1H;;;;/q;;+1;;;;;;;;;;;2*+1;2*-1/p-1/b14-9+;12-7+;;;;7-6+;;;;;;;;;;;. The molecule has 29 heteroatoms. The number of aromatic nitrogens is 3. The average molecular weight is 2100 g/mol. The van der Waals surface area contributed by atoms with Gasteiger partial charge in [-0.15, -0.1) is 0 Å². The number of aromatic hydroxyl groups is 1. The summed E-state index contributed by atoms with van der Waals surface area (Å²) < 4.78 is 41.6. The second-order valence-corrected chi connectivity index (χ2v) is 31.7. The molecule has 0 saturated heterocycles. The molecule has 630 valence electrons. The molecule has 0 aliphatic carbocycles. The molecule has 12 rings (SSSR count). The molecule has 3 heterocycles. The zero-order chi connectivity index (χ0) is 84.4. The number of rotatable bonds is 17. The second-order valence-electron chi connectivity index (χ2n) is 22.8. The second kappa shape index (κ2) is 66.7. The third-order valence-electron chi connectivity index (χ3n) is 15.4. The van der Waals surface area contributed by atoms with Crippen molar-refractivity contribution in [2.24, 2.45) is 0 Å². The molecule has 119 heavy (non-hydrogen) atoms. The Morgan fingerprint density at radius 2 is 0.882 bits per heavy atom. The Labute approximate surface area is 817 Å². The van der Waals surface area contributed by atoms with Gasteiger partial charge in [-0.2, -0.15) is 4.57 Å². The number of hydrogen-bond acceptors (Lipinski definition) is 13. The molecule has 0 radical (unpaired) electrons. The number of aryl methyl sites for hydroxylation is 3. The van der Waals surface area contributed by atoms with Crippen LogP contribution >= 0.6 is 107 Å². The van der Waals surface area contributed by atoms with Crippen LogP contribution in [0.15, 0.2) is 283 Å². The Hall–Kier alpha value is -6.89. The maximum atomic E-state index is 12.3. The first-order valence-corrected chi connectivity index (χ1v) is 44.1. The Bertz CT molecular complexity index is 5150. The Morgan fingerprint density at radius 1 is 0.521 bits per heavy atom. The number of benzene rings is 9. The van der Waals surface area contributed by atoms with E-state index in [-0.39, 0.29) is 129 Å². The van der Waals surface area contributed by atoms with Gasteiger partial charge in [0.1, 0.15) is 41.0 Å². The van der Waals surface area contributed by atoms with Gasteiger partial charge >= 0.3 is 64.3 Å². The first-order valence-electron chi connectivity index (χ1n) is 35.3. The predicted molar refractivity (Wildman–Crippen MR) is 510 cm³/mol. The number of carbonyl (C=O) groups is 3. The van der Waals surface area contributed by atoms with Crippen molar-refractivity contribution in [3.63, 3.8) is 0 Å². The van der Waals surface area contributed by atoms with Crippen LogP contribution in [0.2, 0.25) is 5.15 Å². The smallest absolute Gasteiger partial charge is 1.00 e. The zero-order valence-corrected chi connectivity index (χ0v) is 82.7. The van der Waals surface area contributed by atoms with Crippen molar-refractivity contribution in [1.82, 2.24) is 9.13 Å². The molecule has 0 bridgehead atoms. The van der Waals surface area contributed by atoms with Gasteiger partial charge in [-0.1, -0.05) is 164 Å². The summed E-state index contributed by atoms with van der Waals surface area (Å²) in [6.45, 7) is 12.8. The number of hydrogen-bond donors (Lipinski definition) is 3. The number of halogens is 8. The predicted octanol–water partition coefficient (Wildman–Crippen LogP) is 15.2. The Morgan fingerprint density at radius 3 is 1.29 bits per heavy atom. The molecule has 2 amide bonds. The number of phenols is 1. The van der Waals surface area contributed by atoms with E-state index in [0.29, 0.717) is 19.6 Å². The number of nitrogen functional groups attached to an aromatic ring is 1. The molecule has 4 N–H and O–H groups in total. The number of nitrogens with zero attached hydrogens (tertiary/aromatic N) is 4. The SMILES string of the molecule is C.C.CCI.CCN(C(=O)/C=C/c1ccccc1)c1ccc(OC)cc1.CC[n+]1c(Cl)ccc2cc(OC)ccc21.CCn1c(=O)ccc2cc(O)ccc21.CCn1c(=O)ccc2cc(OC)ccc21.CI.COc1ccc(N)cc1.COc1ccc(NC(=O)/C=C/c2ccccc2)cc1.O=C(Cl)/C=C/c1ccccc1.O=P(Cl)(Cl)Cl.[H-].[H-].[I-].[Na+].[Na+]. The molecule has 0 aliphatic rings. The summed E-state index contributed by atoms with van der Waals surface area (Å²) in [5.74, 6) is 4.08. The number of carbonyl (C=O) groups excluding carboxylic acids is 3. The van der Waals surface area contributed by atoms with E-state index >= 15 is 0 Å². The fraction of sp³-hybridized carbons (Fsp3) is 0.200. The molecule has 3 aromatic heterocycles. The number of likely N-dealkylation sites (N-methyl/N-ethyl adjacent to an activating group) is 1. The normalized spacial score (nSPS) is 9.76. The van der Waals surface area contributed by atoms with Crippen molar-refractivity contribution >= 4 is 192 Å². The summed E-state index contributed by atoms with van der Waals surface area (Å²) in [5, 5.41) is 12.2. The minimum Gasteiger partial charge on any atom is -1.00 e. The van der Waals surface area contributed by atoms with Crippen molar-refractivity contribution in [1.29, 1.82) is 0 Å². The van der Waals surface area contributed by atoms with Crippen LogP contribution in [0.4, 0.5) is 17.1 Å². The summed E-state index contributed by atoms with van der Waals surface area (Å²) in [4.78, 5) is 61.0. The van der Waals surface area contributed by atoms with Gasteiger partial charge in [0, 0.05) is 83.9 Å². The quantitative estimate of drug-likeness (QED) is 0.00889. The Kier molecular flexibility index (Phi) is 65.2. The van der Waals surface area contributed by atoms with Crippen molar-refractivity contribution in [2.75, 3.05) is 67.4 Å². The number of nitrogens with two attached hydrogens (primary N) is 1. The van der Waals surface area contributed by atoms with Gasteiger partial charge < -0.3 is 80.7 Å². The fourth-order valence-electron chi connectivity index (χ4n) is 10.0. The molecule has 18 nitrogen and oxygen atoms in total. The van der Waals surface area contributed by atoms with Crippen LogP contribution in [0.1, 0.15) is 69.0 Å². The average Bonchev–Trinajstić information content (AvgIpc) is 0.823. The van der Waals surface area contributed by atoms with E-state index in [1.807, 2.05) is 214 Å². The molecule has 0 atom stereocenters. The molecular weight excluding hydrogens is 1990 g/mol. The van der Waals surface area contributed by atoms with Crippen LogP contribution in [-0.2, 0) is 38.6 Å². The summed E-state index contributed by atoms with van der Waals surface area (Å²) in [7, 11) is 8.17. The van der Waals surface area contributed by atoms with E-state index in [9.17, 15) is 33.6 Å². The molecule has 0 aliphatic heterocycles. The molecule has 0 unspecified atom stereocenters. The number of fused-ring (bicyclic) bond motifs is 3. The first-order chi connectivity index (χ1) is 54.8. The number of anilines is 3. The summed E-state index contributed by atoms with van der Waals surface area (Å²) >= 11 is 29.5. The number of ether oxygens (including phenoxy) is 5. The van der Waals surface area contributed by atoms with E-state index in [2.05, 4.69) is 103 Å². The molecule has 0 spiro atoms. The van der Waals surface area contributed by atoms with Crippen LogP contribution in [0, 0.1) is 0 Å². The zero-order valence-electron chi connectivity index (χ0n) is 69.5. The fourth-order valence-corrected chi connectivity index (χ4v) is 10.4. The molecule has 9 aromatic carbocycles. The van der Waals surface area contributed by atoms with Gasteiger partial charge in [-0.05, 0) is 268 Å². The van der Waals surface area contributed by atoms with E-state index in [1.54, 1.807) is 135 Å². The number of allylic oxidation sites excluding steroid dienone is 1. The van der Waals surface area contributed by atoms with Crippen molar-refractivity contribution in [2.45, 2.75) is 69.1 Å². The topological polar surface area (TPSA) is 224 Å². The number of alkyl halides is 2. The monoisotopic (exact) mass is 2090 g/mol. The van der Waals surface area contributed by atoms with E-state index < -0.39 is 10.4 Å². The van der Waals surface area contributed by atoms with Crippen molar-refractivity contribution in [3.05, 3.63) is 316 Å². The maximum absolute atomic E-state index is 12.3. The maximum Gasteiger partial charge on any atom is 1.00 e. The number of amides is 2. The van der Waals surface area contributed by atoms with Crippen molar-refractivity contribution < 1.29 is 138 Å². The first kappa shape index (κ1) is 116. The van der Waals surface area contributed by atoms with Gasteiger partial charge in [-0.25, -0.2) is 0 Å². The van der Waals surface area contributed by atoms with Gasteiger partial charge in [0.2, 0.25) is 16.7 Å². The van der Waals surface area contributed by atoms with E-state index in [0.717, 1.165) is 107 Å². The minimum atomic E-state index is -3.22. The Balaban J connectivity index is -0.000000425. The third-order valence-corrected chi connectivity index (χ3v) is 15.8. The van der Waals surface area contributed by atoms with Crippen LogP contribution in [0.25, 0.3) is 50.9 Å². The van der Waals surface area contributed by atoms with Crippen LogP contribution in [0.5, 0.6) is 34.5 Å². The minimum absolute atomic E-state index is 0. The van der Waals surface area contributed by atoms with Crippen LogP contribution in [-0.4, -0.2) is 82.7 Å². The van der Waals surface area contributed by atoms with Crippen LogP contribution < -0.4 is 138 Å². The third kappa shape index (κ3) is 45.7. The number of nitrogens with one attached hydrogen (secondary N) is 1. The van der Waals surface area contributed by atoms with Gasteiger partial charge in [-0.3, -0.25) is 28.5 Å². The summed E-state index contributed by atoms with van der Waals surface area (Å²) in [5.41, 5.74) is 13.7. The van der Waals surface area contributed by atoms with Gasteiger partial charge in [0.25, 0.3) is 22.2 Å². The molecular formula is C90H105Cl5I3N6Na2O12P. The number of methoxy groups -OCH3 is 5. The number of pyridine rings is 3. The van der Waals surface area contributed by atoms with E-state index in [4.69, 9.17) is 52.6 Å². The van der Waals surface area contributed by atoms with Crippen molar-refractivity contribution in [3.8, 4) is 34.5 Å². The molecule has 0 saturated carbocycles. The largest absolute Gasteiger partial charge is 1.00 e. The van der Waals surface area contributed by atoms with Gasteiger partial charge in [0.05, 0.1) is 52.0 Å². The van der Waals surface area contributed by atoms with Gasteiger partial charge in [0.15, 0.2) is 0 Å². The molecule has 0 fully saturated rings. The van der Waals surface area contributed by atoms with Crippen LogP contribution in [0.3, 0.4) is 0 Å². The molecule has 12 aromatic rings. The summed E-state index contributed by atoms with van der Waals surface area (Å²) in [6, 6.07) is 78.2. The summed E-state index contributed by atoms with van der Waals surface area (Å²) in [6.07, 6.45) is 9.72. The van der Waals surface area contributed by atoms with E-state index in [1.165, 1.54) is 22.6 Å². The number of phenolic OH excluding ortho intramolecular Hbond substituents is 1.